The average Bonchev–Trinajstić information content (AvgIpc) is 3.05. The third-order valence-electron chi connectivity index (χ3n) is 4.21. The van der Waals surface area contributed by atoms with Crippen molar-refractivity contribution in [1.29, 1.82) is 0 Å². The molecule has 4 nitrogen and oxygen atoms in total. The Hall–Kier alpha value is -2.58. The van der Waals surface area contributed by atoms with Gasteiger partial charge >= 0.3 is 5.97 Å². The van der Waals surface area contributed by atoms with Gasteiger partial charge in [-0.1, -0.05) is 60.3 Å². The van der Waals surface area contributed by atoms with Crippen LogP contribution in [0.5, 0.6) is 5.88 Å². The van der Waals surface area contributed by atoms with Gasteiger partial charge in [-0.05, 0) is 65.9 Å². The van der Waals surface area contributed by atoms with Crippen LogP contribution in [-0.4, -0.2) is 15.7 Å². The van der Waals surface area contributed by atoms with Crippen LogP contribution >= 0.6 is 34.4 Å². The molecular weight excluding hydrogens is 495 g/mol. The lowest BCUT2D eigenvalue weighted by Gasteiger charge is -2.11. The zero-order valence-corrected chi connectivity index (χ0v) is 18.6. The van der Waals surface area contributed by atoms with Crippen LogP contribution in [0, 0.1) is 10.5 Å². The third-order valence-corrected chi connectivity index (χ3v) is 6.33. The maximum Gasteiger partial charge on any atom is 0.345 e. The summed E-state index contributed by atoms with van der Waals surface area (Å²) in [7, 11) is 0. The largest absolute Gasteiger partial charge is 0.402 e. The van der Waals surface area contributed by atoms with Gasteiger partial charge in [0.15, 0.2) is 0 Å². The number of benzene rings is 3. The molecule has 0 aliphatic heterocycles. The molecule has 3 aromatic carbocycles. The van der Waals surface area contributed by atoms with Gasteiger partial charge in [0.25, 0.3) is 0 Å². The molecule has 1 heterocycles. The minimum absolute atomic E-state index is 0.401. The van der Waals surface area contributed by atoms with Crippen molar-refractivity contribution in [1.82, 2.24) is 9.78 Å². The van der Waals surface area contributed by atoms with E-state index in [1.807, 2.05) is 85.8 Å². The van der Waals surface area contributed by atoms with Crippen LogP contribution in [0.25, 0.3) is 5.69 Å². The molecule has 0 amide bonds. The van der Waals surface area contributed by atoms with Crippen LogP contribution < -0.4 is 4.74 Å². The van der Waals surface area contributed by atoms with E-state index in [0.717, 1.165) is 24.7 Å². The predicted molar refractivity (Wildman–Crippen MR) is 123 cm³/mol. The highest BCUT2D eigenvalue weighted by Gasteiger charge is 2.23. The second-order valence-electron chi connectivity index (χ2n) is 6.25. The number of carbonyl (C=O) groups excluding carboxylic acids is 1. The first-order valence-electron chi connectivity index (χ1n) is 8.98. The van der Waals surface area contributed by atoms with E-state index in [1.54, 1.807) is 10.7 Å². The molecule has 144 valence electrons. The summed E-state index contributed by atoms with van der Waals surface area (Å²) in [6, 6.07) is 27.1. The maximum absolute atomic E-state index is 13.0. The summed E-state index contributed by atoms with van der Waals surface area (Å²) in [5.74, 6) is 0.0224. The summed E-state index contributed by atoms with van der Waals surface area (Å²) in [5, 5.41) is 4.66. The molecule has 0 unspecified atom stereocenters. The first-order chi connectivity index (χ1) is 14.1. The zero-order valence-electron chi connectivity index (χ0n) is 15.6. The Kier molecular flexibility index (Phi) is 6.01. The fraction of sp³-hybridized carbons (Fsp3) is 0.0435. The van der Waals surface area contributed by atoms with Crippen LogP contribution in [0.3, 0.4) is 0 Å². The molecule has 0 saturated heterocycles. The van der Waals surface area contributed by atoms with Crippen molar-refractivity contribution in [3.05, 3.63) is 99.8 Å². The molecule has 0 spiro atoms. The number of aryl methyl sites for hydroxylation is 1. The first-order valence-corrected chi connectivity index (χ1v) is 10.9. The number of ether oxygens (including phenoxy) is 1. The number of carbonyl (C=O) groups is 1. The van der Waals surface area contributed by atoms with Crippen LogP contribution in [0.15, 0.2) is 94.7 Å². The van der Waals surface area contributed by atoms with E-state index in [4.69, 9.17) is 4.74 Å². The van der Waals surface area contributed by atoms with E-state index in [9.17, 15) is 4.79 Å². The molecule has 0 atom stereocenters. The second-order valence-corrected chi connectivity index (χ2v) is 8.50. The first kappa shape index (κ1) is 19.7. The summed E-state index contributed by atoms with van der Waals surface area (Å²) in [6.07, 6.45) is 0. The number of para-hydroxylation sites is 1. The number of esters is 1. The van der Waals surface area contributed by atoms with E-state index < -0.39 is 5.97 Å². The van der Waals surface area contributed by atoms with Crippen molar-refractivity contribution >= 4 is 40.3 Å². The van der Waals surface area contributed by atoms with Crippen LogP contribution in [0.1, 0.15) is 16.1 Å². The van der Waals surface area contributed by atoms with Gasteiger partial charge in [0.1, 0.15) is 0 Å². The fourth-order valence-corrected chi connectivity index (χ4v) is 4.36. The highest BCUT2D eigenvalue weighted by atomic mass is 127. The van der Waals surface area contributed by atoms with Gasteiger partial charge in [0, 0.05) is 8.47 Å². The highest BCUT2D eigenvalue weighted by Crippen LogP contribution is 2.39. The Morgan fingerprint density at radius 3 is 2.24 bits per heavy atom. The van der Waals surface area contributed by atoms with E-state index in [0.29, 0.717) is 11.4 Å². The molecule has 6 heteroatoms. The van der Waals surface area contributed by atoms with Gasteiger partial charge in [-0.25, -0.2) is 4.79 Å². The van der Waals surface area contributed by atoms with Gasteiger partial charge < -0.3 is 4.74 Å². The Morgan fingerprint density at radius 2 is 1.55 bits per heavy atom. The molecule has 0 saturated carbocycles. The molecule has 4 aromatic rings. The van der Waals surface area contributed by atoms with Gasteiger partial charge in [-0.15, -0.1) is 0 Å². The molecule has 0 fully saturated rings. The van der Waals surface area contributed by atoms with Crippen molar-refractivity contribution in [3.8, 4) is 11.6 Å². The minimum Gasteiger partial charge on any atom is -0.402 e. The molecule has 0 bridgehead atoms. The number of nitrogens with zero attached hydrogens (tertiary/aromatic N) is 2. The molecule has 1 aromatic heterocycles. The van der Waals surface area contributed by atoms with Crippen LogP contribution in [0.2, 0.25) is 0 Å². The van der Waals surface area contributed by atoms with Crippen LogP contribution in [-0.2, 0) is 0 Å². The zero-order chi connectivity index (χ0) is 20.2. The quantitative estimate of drug-likeness (QED) is 0.238. The lowest BCUT2D eigenvalue weighted by molar-refractivity contribution is 0.0717. The maximum atomic E-state index is 13.0. The summed E-state index contributed by atoms with van der Waals surface area (Å²) < 4.78 is 8.46. The van der Waals surface area contributed by atoms with E-state index in [-0.39, 0.29) is 0 Å². The topological polar surface area (TPSA) is 44.1 Å². The smallest absolute Gasteiger partial charge is 0.345 e. The molecule has 0 N–H and O–H groups in total. The number of hydrogen-bond acceptors (Lipinski definition) is 4. The number of hydrogen-bond donors (Lipinski definition) is 0. The molecular formula is C23H17IN2O2S. The van der Waals surface area contributed by atoms with Crippen molar-refractivity contribution in [2.45, 2.75) is 16.7 Å². The Labute approximate surface area is 187 Å². The van der Waals surface area contributed by atoms with Gasteiger partial charge in [0.2, 0.25) is 5.88 Å². The predicted octanol–water partition coefficient (Wildman–Crippen LogP) is 6.16. The normalized spacial score (nSPS) is 10.7. The summed E-state index contributed by atoms with van der Waals surface area (Å²) in [4.78, 5) is 14.8. The monoisotopic (exact) mass is 512 g/mol. The highest BCUT2D eigenvalue weighted by molar-refractivity contribution is 14.1. The lowest BCUT2D eigenvalue weighted by atomic mass is 10.2. The van der Waals surface area contributed by atoms with Crippen molar-refractivity contribution in [2.75, 3.05) is 0 Å². The van der Waals surface area contributed by atoms with Crippen LogP contribution in [0.4, 0.5) is 0 Å². The summed E-state index contributed by atoms with van der Waals surface area (Å²) >= 11 is 3.68. The molecule has 4 rings (SSSR count). The number of halogens is 1. The van der Waals surface area contributed by atoms with Crippen molar-refractivity contribution in [2.24, 2.45) is 0 Å². The summed E-state index contributed by atoms with van der Waals surface area (Å²) in [6.45, 7) is 1.92. The van der Waals surface area contributed by atoms with E-state index in [1.165, 1.54) is 11.8 Å². The lowest BCUT2D eigenvalue weighted by Crippen LogP contribution is -2.13. The number of aromatic nitrogens is 2. The molecule has 29 heavy (non-hydrogen) atoms. The molecule has 0 aliphatic carbocycles. The Morgan fingerprint density at radius 1 is 0.931 bits per heavy atom. The van der Waals surface area contributed by atoms with Crippen molar-refractivity contribution in [3.63, 3.8) is 0 Å². The number of rotatable bonds is 5. The van der Waals surface area contributed by atoms with Crippen molar-refractivity contribution < 1.29 is 9.53 Å². The Bertz CT molecular complexity index is 1140. The van der Waals surface area contributed by atoms with E-state index in [2.05, 4.69) is 27.7 Å². The minimum atomic E-state index is -0.401. The third kappa shape index (κ3) is 4.38. The fourth-order valence-electron chi connectivity index (χ4n) is 2.82. The van der Waals surface area contributed by atoms with Gasteiger partial charge in [-0.2, -0.15) is 9.78 Å². The molecule has 0 radical (unpaired) electrons. The second kappa shape index (κ2) is 8.84. The van der Waals surface area contributed by atoms with Gasteiger partial charge in [0.05, 0.1) is 21.8 Å². The Balaban J connectivity index is 1.78. The van der Waals surface area contributed by atoms with E-state index >= 15 is 0 Å². The SMILES string of the molecule is Cc1nn(-c2ccccc2)c(OC(=O)c2ccccc2I)c1Sc1ccccc1. The average molecular weight is 512 g/mol. The molecule has 0 aliphatic rings. The summed E-state index contributed by atoms with van der Waals surface area (Å²) in [5.41, 5.74) is 2.16. The standard InChI is InChI=1S/C23H17IN2O2S/c1-16-21(29-18-12-6-3-7-13-18)22(26(25-16)17-10-4-2-5-11-17)28-23(27)19-14-8-9-15-20(19)24/h2-15H,1H3. The van der Waals surface area contributed by atoms with Gasteiger partial charge in [-0.3, -0.25) is 0 Å².